The third-order valence-corrected chi connectivity index (χ3v) is 3.36. The number of amides is 2. The van der Waals surface area contributed by atoms with Gasteiger partial charge < -0.3 is 10.6 Å². The first-order valence-electron chi connectivity index (χ1n) is 5.84. The second-order valence-corrected chi connectivity index (χ2v) is 5.06. The summed E-state index contributed by atoms with van der Waals surface area (Å²) >= 11 is 5.82. The molecule has 2 rings (SSSR count). The van der Waals surface area contributed by atoms with Gasteiger partial charge in [0, 0.05) is 6.54 Å². The van der Waals surface area contributed by atoms with Crippen molar-refractivity contribution < 1.29 is 9.59 Å². The standard InChI is InChI=1S/C13H15ClN2O2/c1-8(14)13(18)16-7-6-9-4-2-3-5-10(9)11(16)12(15)17/h2-5,8,11H,6-7H2,1H3,(H2,15,17). The van der Waals surface area contributed by atoms with Crippen LogP contribution in [0.5, 0.6) is 0 Å². The largest absolute Gasteiger partial charge is 0.368 e. The fraction of sp³-hybridized carbons (Fsp3) is 0.385. The molecule has 5 heteroatoms. The lowest BCUT2D eigenvalue weighted by molar-refractivity contribution is -0.139. The molecule has 1 aliphatic heterocycles. The predicted molar refractivity (Wildman–Crippen MR) is 69.1 cm³/mol. The Morgan fingerprint density at radius 2 is 2.11 bits per heavy atom. The van der Waals surface area contributed by atoms with Crippen LogP contribution in [0.15, 0.2) is 24.3 Å². The van der Waals surface area contributed by atoms with E-state index in [1.807, 2.05) is 24.3 Å². The molecule has 1 aromatic rings. The summed E-state index contributed by atoms with van der Waals surface area (Å²) in [6.07, 6.45) is 0.718. The van der Waals surface area contributed by atoms with Gasteiger partial charge in [0.15, 0.2) is 0 Å². The Balaban J connectivity index is 2.42. The number of nitrogens with zero attached hydrogens (tertiary/aromatic N) is 1. The first-order chi connectivity index (χ1) is 8.52. The number of hydrogen-bond acceptors (Lipinski definition) is 2. The molecule has 0 bridgehead atoms. The molecule has 1 heterocycles. The van der Waals surface area contributed by atoms with Crippen LogP contribution in [0.2, 0.25) is 0 Å². The molecule has 0 saturated heterocycles. The number of hydrogen-bond donors (Lipinski definition) is 1. The Morgan fingerprint density at radius 3 is 2.72 bits per heavy atom. The summed E-state index contributed by atoms with van der Waals surface area (Å²) < 4.78 is 0. The van der Waals surface area contributed by atoms with E-state index in [-0.39, 0.29) is 5.91 Å². The summed E-state index contributed by atoms with van der Waals surface area (Å²) in [5.74, 6) is -0.775. The van der Waals surface area contributed by atoms with Crippen molar-refractivity contribution >= 4 is 23.4 Å². The average Bonchev–Trinajstić information content (AvgIpc) is 2.36. The topological polar surface area (TPSA) is 63.4 Å². The number of primary amides is 1. The first-order valence-corrected chi connectivity index (χ1v) is 6.27. The molecule has 2 N–H and O–H groups in total. The second kappa shape index (κ2) is 4.98. The van der Waals surface area contributed by atoms with Gasteiger partial charge in [0.05, 0.1) is 0 Å². The smallest absolute Gasteiger partial charge is 0.244 e. The number of carbonyl (C=O) groups excluding carboxylic acids is 2. The van der Waals surface area contributed by atoms with Gasteiger partial charge in [-0.3, -0.25) is 9.59 Å². The van der Waals surface area contributed by atoms with Crippen molar-refractivity contribution in [2.75, 3.05) is 6.54 Å². The maximum atomic E-state index is 12.0. The van der Waals surface area contributed by atoms with E-state index in [0.717, 1.165) is 17.5 Å². The fourth-order valence-electron chi connectivity index (χ4n) is 2.34. The van der Waals surface area contributed by atoms with Crippen molar-refractivity contribution in [2.24, 2.45) is 5.73 Å². The normalized spacial score (nSPS) is 20.1. The molecule has 18 heavy (non-hydrogen) atoms. The molecule has 0 spiro atoms. The van der Waals surface area contributed by atoms with Gasteiger partial charge in [0.25, 0.3) is 0 Å². The average molecular weight is 267 g/mol. The van der Waals surface area contributed by atoms with E-state index in [2.05, 4.69) is 0 Å². The molecular formula is C13H15ClN2O2. The zero-order chi connectivity index (χ0) is 13.3. The number of fused-ring (bicyclic) bond motifs is 1. The third-order valence-electron chi connectivity index (χ3n) is 3.18. The molecule has 1 aromatic carbocycles. The molecule has 2 unspecified atom stereocenters. The quantitative estimate of drug-likeness (QED) is 0.818. The van der Waals surface area contributed by atoms with Gasteiger partial charge in [-0.15, -0.1) is 11.6 Å². The van der Waals surface area contributed by atoms with E-state index in [9.17, 15) is 9.59 Å². The molecule has 0 radical (unpaired) electrons. The molecule has 0 aromatic heterocycles. The Kier molecular flexibility index (Phi) is 3.57. The van der Waals surface area contributed by atoms with E-state index >= 15 is 0 Å². The number of carbonyl (C=O) groups is 2. The van der Waals surface area contributed by atoms with E-state index in [1.165, 1.54) is 4.90 Å². The third kappa shape index (κ3) is 2.20. The molecule has 2 amide bonds. The molecular weight excluding hydrogens is 252 g/mol. The molecule has 2 atom stereocenters. The van der Waals surface area contributed by atoms with Crippen LogP contribution in [0.4, 0.5) is 0 Å². The summed E-state index contributed by atoms with van der Waals surface area (Å²) in [5, 5.41) is -0.655. The molecule has 0 fully saturated rings. The predicted octanol–water partition coefficient (Wildman–Crippen LogP) is 1.23. The second-order valence-electron chi connectivity index (χ2n) is 4.40. The van der Waals surface area contributed by atoms with Crippen molar-refractivity contribution in [3.63, 3.8) is 0 Å². The van der Waals surface area contributed by atoms with Crippen molar-refractivity contribution in [2.45, 2.75) is 24.8 Å². The van der Waals surface area contributed by atoms with Crippen molar-refractivity contribution in [1.82, 2.24) is 4.90 Å². The summed E-state index contributed by atoms with van der Waals surface area (Å²) in [5.41, 5.74) is 7.30. The van der Waals surface area contributed by atoms with Crippen LogP contribution >= 0.6 is 11.6 Å². The summed E-state index contributed by atoms with van der Waals surface area (Å²) in [6, 6.07) is 6.84. The van der Waals surface area contributed by atoms with E-state index in [0.29, 0.717) is 6.54 Å². The van der Waals surface area contributed by atoms with Gasteiger partial charge in [-0.05, 0) is 24.5 Å². The molecule has 4 nitrogen and oxygen atoms in total. The van der Waals surface area contributed by atoms with Crippen LogP contribution in [0.25, 0.3) is 0 Å². The monoisotopic (exact) mass is 266 g/mol. The number of alkyl halides is 1. The van der Waals surface area contributed by atoms with E-state index < -0.39 is 17.3 Å². The molecule has 96 valence electrons. The maximum absolute atomic E-state index is 12.0. The Morgan fingerprint density at radius 1 is 1.44 bits per heavy atom. The summed E-state index contributed by atoms with van der Waals surface area (Å²) in [6.45, 7) is 2.07. The van der Waals surface area contributed by atoms with Gasteiger partial charge in [-0.1, -0.05) is 24.3 Å². The minimum atomic E-state index is -0.705. The first kappa shape index (κ1) is 12.9. The lowest BCUT2D eigenvalue weighted by Gasteiger charge is -2.36. The van der Waals surface area contributed by atoms with Gasteiger partial charge in [0.2, 0.25) is 11.8 Å². The van der Waals surface area contributed by atoms with Crippen LogP contribution in [0, 0.1) is 0 Å². The molecule has 1 aliphatic rings. The highest BCUT2D eigenvalue weighted by atomic mass is 35.5. The number of halogens is 1. The van der Waals surface area contributed by atoms with Crippen LogP contribution in [-0.4, -0.2) is 28.6 Å². The highest BCUT2D eigenvalue weighted by molar-refractivity contribution is 6.30. The highest BCUT2D eigenvalue weighted by Gasteiger charge is 2.35. The Labute approximate surface area is 111 Å². The Hall–Kier alpha value is -1.55. The summed E-state index contributed by atoms with van der Waals surface area (Å²) in [4.78, 5) is 25.1. The van der Waals surface area contributed by atoms with Gasteiger partial charge in [0.1, 0.15) is 11.4 Å². The zero-order valence-electron chi connectivity index (χ0n) is 10.1. The minimum Gasteiger partial charge on any atom is -0.368 e. The number of rotatable bonds is 2. The Bertz CT molecular complexity index is 488. The number of benzene rings is 1. The zero-order valence-corrected chi connectivity index (χ0v) is 10.9. The van der Waals surface area contributed by atoms with Crippen LogP contribution in [-0.2, 0) is 16.0 Å². The van der Waals surface area contributed by atoms with E-state index in [1.54, 1.807) is 6.92 Å². The van der Waals surface area contributed by atoms with Crippen LogP contribution in [0.3, 0.4) is 0 Å². The van der Waals surface area contributed by atoms with Gasteiger partial charge >= 0.3 is 0 Å². The van der Waals surface area contributed by atoms with E-state index in [4.69, 9.17) is 17.3 Å². The van der Waals surface area contributed by atoms with Crippen molar-refractivity contribution in [3.05, 3.63) is 35.4 Å². The fourth-order valence-corrected chi connectivity index (χ4v) is 2.46. The summed E-state index contributed by atoms with van der Waals surface area (Å²) in [7, 11) is 0. The maximum Gasteiger partial charge on any atom is 0.244 e. The lowest BCUT2D eigenvalue weighted by atomic mass is 9.92. The van der Waals surface area contributed by atoms with Crippen LogP contribution in [0.1, 0.15) is 24.1 Å². The minimum absolute atomic E-state index is 0.255. The van der Waals surface area contributed by atoms with Crippen molar-refractivity contribution in [3.8, 4) is 0 Å². The SMILES string of the molecule is CC(Cl)C(=O)N1CCc2ccccc2C1C(N)=O. The number of nitrogens with two attached hydrogens (primary N) is 1. The van der Waals surface area contributed by atoms with Gasteiger partial charge in [-0.2, -0.15) is 0 Å². The highest BCUT2D eigenvalue weighted by Crippen LogP contribution is 2.30. The molecule has 0 saturated carbocycles. The lowest BCUT2D eigenvalue weighted by Crippen LogP contribution is -2.47. The molecule has 0 aliphatic carbocycles. The van der Waals surface area contributed by atoms with Crippen molar-refractivity contribution in [1.29, 1.82) is 0 Å². The van der Waals surface area contributed by atoms with Gasteiger partial charge in [-0.25, -0.2) is 0 Å². The van der Waals surface area contributed by atoms with Crippen LogP contribution < -0.4 is 5.73 Å².